The summed E-state index contributed by atoms with van der Waals surface area (Å²) >= 11 is 0. The average molecular weight is 422 g/mol. The van der Waals surface area contributed by atoms with Crippen LogP contribution >= 0.6 is 0 Å². The zero-order valence-corrected chi connectivity index (χ0v) is 18.5. The third-order valence-corrected chi connectivity index (χ3v) is 6.87. The van der Waals surface area contributed by atoms with Crippen LogP contribution in [0.3, 0.4) is 0 Å². The second-order valence-electron chi connectivity index (χ2n) is 10.1. The molecule has 2 aromatic heterocycles. The van der Waals surface area contributed by atoms with Crippen LogP contribution in [0.5, 0.6) is 0 Å². The molecule has 0 saturated heterocycles. The van der Waals surface area contributed by atoms with Gasteiger partial charge in [-0.1, -0.05) is 13.8 Å². The van der Waals surface area contributed by atoms with E-state index in [1.807, 2.05) is 6.92 Å². The van der Waals surface area contributed by atoms with Gasteiger partial charge in [0.25, 0.3) is 0 Å². The first kappa shape index (κ1) is 20.1. The van der Waals surface area contributed by atoms with Crippen molar-refractivity contribution in [2.24, 2.45) is 5.41 Å². The summed E-state index contributed by atoms with van der Waals surface area (Å²) in [6, 6.07) is 4.46. The molecule has 0 aliphatic heterocycles. The summed E-state index contributed by atoms with van der Waals surface area (Å²) in [7, 11) is 0. The Kier molecular flexibility index (Phi) is 4.62. The summed E-state index contributed by atoms with van der Waals surface area (Å²) in [5.74, 6) is 0.704. The van der Waals surface area contributed by atoms with Crippen LogP contribution in [-0.2, 0) is 6.42 Å². The first-order valence-electron chi connectivity index (χ1n) is 11.2. The number of hydrogen-bond donors (Lipinski definition) is 4. The molecule has 2 heterocycles. The molecular formula is C24H31N5O2. The predicted octanol–water partition coefficient (Wildman–Crippen LogP) is 4.11. The minimum absolute atomic E-state index is 0.0564. The van der Waals surface area contributed by atoms with Crippen LogP contribution in [0.2, 0.25) is 0 Å². The first-order valence-corrected chi connectivity index (χ1v) is 11.2. The van der Waals surface area contributed by atoms with Crippen molar-refractivity contribution in [1.29, 1.82) is 0 Å². The van der Waals surface area contributed by atoms with Gasteiger partial charge in [0.2, 0.25) is 0 Å². The fraction of sp³-hybridized carbons (Fsp3) is 0.500. The van der Waals surface area contributed by atoms with Crippen molar-refractivity contribution in [2.45, 2.75) is 71.4 Å². The van der Waals surface area contributed by atoms with E-state index in [2.05, 4.69) is 52.3 Å². The highest BCUT2D eigenvalue weighted by Crippen LogP contribution is 2.39. The Bertz CT molecular complexity index is 1160. The number of H-pyrrole nitrogens is 1. The highest BCUT2D eigenvalue weighted by atomic mass is 16.3. The third kappa shape index (κ3) is 3.51. The Labute approximate surface area is 182 Å². The lowest BCUT2D eigenvalue weighted by Crippen LogP contribution is -2.28. The van der Waals surface area contributed by atoms with Gasteiger partial charge in [-0.15, -0.1) is 0 Å². The van der Waals surface area contributed by atoms with E-state index in [1.165, 1.54) is 0 Å². The number of aryl methyl sites for hydroxylation is 1. The molecular weight excluding hydrogens is 390 g/mol. The predicted molar refractivity (Wildman–Crippen MR) is 123 cm³/mol. The lowest BCUT2D eigenvalue weighted by atomic mass is 9.75. The topological polar surface area (TPSA) is 109 Å². The number of anilines is 2. The number of aliphatic hydroxyl groups excluding tert-OH is 1. The number of aromatic nitrogens is 3. The molecule has 0 spiro atoms. The molecule has 31 heavy (non-hydrogen) atoms. The molecule has 2 aliphatic rings. The van der Waals surface area contributed by atoms with E-state index in [4.69, 9.17) is 5.73 Å². The van der Waals surface area contributed by atoms with Gasteiger partial charge < -0.3 is 20.7 Å². The van der Waals surface area contributed by atoms with E-state index in [0.717, 1.165) is 71.2 Å². The summed E-state index contributed by atoms with van der Waals surface area (Å²) in [4.78, 5) is 12.9. The number of nitrogens with two attached hydrogens (primary N) is 1. The van der Waals surface area contributed by atoms with E-state index in [1.54, 1.807) is 0 Å². The summed E-state index contributed by atoms with van der Waals surface area (Å²) in [6.45, 7) is 6.33. The van der Waals surface area contributed by atoms with Gasteiger partial charge in [-0.05, 0) is 62.1 Å². The summed E-state index contributed by atoms with van der Waals surface area (Å²) in [5.41, 5.74) is 11.9. The number of Topliss-reactive ketones (excluding diaryl/α,β-unsaturated/α-hetero) is 1. The fourth-order valence-corrected chi connectivity index (χ4v) is 5.37. The number of carbonyl (C=O) groups excluding carboxylic acids is 1. The highest BCUT2D eigenvalue weighted by Gasteiger charge is 2.35. The fourth-order valence-electron chi connectivity index (χ4n) is 5.37. The largest absolute Gasteiger partial charge is 0.393 e. The highest BCUT2D eigenvalue weighted by molar-refractivity contribution is 6.02. The number of nitrogen functional groups attached to an aromatic ring is 1. The number of carbonyl (C=O) groups is 1. The summed E-state index contributed by atoms with van der Waals surface area (Å²) < 4.78 is 2.16. The van der Waals surface area contributed by atoms with Crippen molar-refractivity contribution >= 4 is 28.2 Å². The first-order chi connectivity index (χ1) is 14.7. The number of nitrogens with zero attached hydrogens (tertiary/aromatic N) is 2. The van der Waals surface area contributed by atoms with Crippen LogP contribution in [0.25, 0.3) is 16.6 Å². The maximum absolute atomic E-state index is 12.9. The molecule has 7 heteroatoms. The molecule has 2 aliphatic carbocycles. The maximum atomic E-state index is 12.9. The van der Waals surface area contributed by atoms with Crippen molar-refractivity contribution in [3.8, 4) is 5.69 Å². The van der Waals surface area contributed by atoms with Crippen molar-refractivity contribution < 1.29 is 9.90 Å². The third-order valence-electron chi connectivity index (χ3n) is 6.87. The monoisotopic (exact) mass is 421 g/mol. The van der Waals surface area contributed by atoms with E-state index in [-0.39, 0.29) is 23.3 Å². The second kappa shape index (κ2) is 7.12. The van der Waals surface area contributed by atoms with Gasteiger partial charge in [-0.2, -0.15) is 5.10 Å². The van der Waals surface area contributed by atoms with Gasteiger partial charge in [0.05, 0.1) is 17.0 Å². The molecule has 0 atom stereocenters. The summed E-state index contributed by atoms with van der Waals surface area (Å²) in [5, 5.41) is 21.7. The minimum Gasteiger partial charge on any atom is -0.393 e. The molecule has 7 nitrogen and oxygen atoms in total. The number of fused-ring (bicyclic) bond motifs is 2. The van der Waals surface area contributed by atoms with E-state index in [0.29, 0.717) is 12.2 Å². The molecule has 164 valence electrons. The smallest absolute Gasteiger partial charge is 0.165 e. The van der Waals surface area contributed by atoms with Gasteiger partial charge in [-0.25, -0.2) is 0 Å². The number of aliphatic hydroxyl groups is 1. The molecule has 1 fully saturated rings. The lowest BCUT2D eigenvalue weighted by Gasteiger charge is -2.30. The van der Waals surface area contributed by atoms with E-state index >= 15 is 0 Å². The minimum atomic E-state index is -0.196. The Morgan fingerprint density at radius 1 is 1.23 bits per heavy atom. The van der Waals surface area contributed by atoms with Gasteiger partial charge in [0.15, 0.2) is 11.6 Å². The zero-order chi connectivity index (χ0) is 21.9. The number of aromatic amines is 1. The van der Waals surface area contributed by atoms with Crippen molar-refractivity contribution in [3.63, 3.8) is 0 Å². The molecule has 3 aromatic rings. The van der Waals surface area contributed by atoms with Crippen LogP contribution in [-0.4, -0.2) is 37.8 Å². The molecule has 0 amide bonds. The number of benzene rings is 1. The van der Waals surface area contributed by atoms with Gasteiger partial charge in [0.1, 0.15) is 0 Å². The molecule has 0 unspecified atom stereocenters. The van der Waals surface area contributed by atoms with Crippen LogP contribution in [0.1, 0.15) is 67.6 Å². The number of hydrogen-bond acceptors (Lipinski definition) is 5. The molecule has 0 bridgehead atoms. The molecule has 5 N–H and O–H groups in total. The Morgan fingerprint density at radius 2 is 1.97 bits per heavy atom. The Hall–Kier alpha value is -2.80. The van der Waals surface area contributed by atoms with Crippen molar-refractivity contribution in [2.75, 3.05) is 11.1 Å². The second-order valence-corrected chi connectivity index (χ2v) is 10.1. The standard InChI is InChI=1S/C24H31N5O2/c1-13-12-29(19-10-24(2,3)11-20(31)21(13)19)15-8-17(22-18(9-15)27-28-23(22)25)26-14-4-6-16(30)7-5-14/h8-9,12,14,16,26,30H,4-7,10-11H2,1-3H3,(H3,25,27,28). The Balaban J connectivity index is 1.61. The van der Waals surface area contributed by atoms with E-state index < -0.39 is 0 Å². The van der Waals surface area contributed by atoms with Crippen molar-refractivity contribution in [1.82, 2.24) is 14.8 Å². The van der Waals surface area contributed by atoms with E-state index in [9.17, 15) is 9.90 Å². The van der Waals surface area contributed by atoms with Gasteiger partial charge >= 0.3 is 0 Å². The SMILES string of the molecule is Cc1cn(-c2cc(NC3CCC(O)CC3)c3c(N)n[nH]c3c2)c2c1C(=O)CC(C)(C)C2. The quantitative estimate of drug-likeness (QED) is 0.509. The normalized spacial score (nSPS) is 23.2. The zero-order valence-electron chi connectivity index (χ0n) is 18.5. The van der Waals surface area contributed by atoms with Crippen molar-refractivity contribution in [3.05, 3.63) is 35.2 Å². The number of ketones is 1. The molecule has 1 aromatic carbocycles. The number of nitrogens with one attached hydrogen (secondary N) is 2. The summed E-state index contributed by atoms with van der Waals surface area (Å²) in [6.07, 6.45) is 6.78. The lowest BCUT2D eigenvalue weighted by molar-refractivity contribution is 0.0910. The van der Waals surface area contributed by atoms with Crippen LogP contribution in [0, 0.1) is 12.3 Å². The number of rotatable bonds is 3. The van der Waals surface area contributed by atoms with Crippen LogP contribution < -0.4 is 11.1 Å². The molecule has 1 saturated carbocycles. The Morgan fingerprint density at radius 3 is 2.71 bits per heavy atom. The van der Waals surface area contributed by atoms with Crippen LogP contribution in [0.15, 0.2) is 18.3 Å². The van der Waals surface area contributed by atoms with Gasteiger partial charge in [-0.3, -0.25) is 9.89 Å². The molecule has 5 rings (SSSR count). The average Bonchev–Trinajstić information content (AvgIpc) is 3.23. The van der Waals surface area contributed by atoms with Gasteiger partial charge in [0, 0.05) is 41.3 Å². The molecule has 0 radical (unpaired) electrons. The van der Waals surface area contributed by atoms with Crippen LogP contribution in [0.4, 0.5) is 11.5 Å². The maximum Gasteiger partial charge on any atom is 0.165 e.